The average molecular weight is 457 g/mol. The summed E-state index contributed by atoms with van der Waals surface area (Å²) in [5, 5.41) is 4.05. The van der Waals surface area contributed by atoms with Crippen molar-refractivity contribution >= 4 is 73.5 Å². The molecule has 0 aliphatic carbocycles. The van der Waals surface area contributed by atoms with E-state index in [4.69, 9.17) is 32.7 Å². The van der Waals surface area contributed by atoms with Crippen LogP contribution in [0.25, 0.3) is 10.2 Å². The second-order valence-corrected chi connectivity index (χ2v) is 8.32. The van der Waals surface area contributed by atoms with Crippen LogP contribution in [0.4, 0.5) is 5.13 Å². The van der Waals surface area contributed by atoms with E-state index in [0.717, 1.165) is 10.2 Å². The predicted octanol–water partition coefficient (Wildman–Crippen LogP) is 4.89. The van der Waals surface area contributed by atoms with Crippen LogP contribution >= 0.6 is 46.3 Å². The first-order valence-electron chi connectivity index (χ1n) is 7.92. The third-order valence-electron chi connectivity index (χ3n) is 3.44. The molecule has 146 valence electrons. The number of hydrogen-bond donors (Lipinski definition) is 1. The number of fused-ring (bicyclic) bond motifs is 1. The summed E-state index contributed by atoms with van der Waals surface area (Å²) in [6.45, 7) is -0.401. The third kappa shape index (κ3) is 5.51. The SMILES string of the molecule is COc1ccc2nc(NC(=O)COC(=O)CSc3cc(Cl)ccc3Cl)sc2c1. The van der Waals surface area contributed by atoms with Gasteiger partial charge in [0.2, 0.25) is 0 Å². The Labute approximate surface area is 179 Å². The lowest BCUT2D eigenvalue weighted by molar-refractivity contribution is -0.144. The Hall–Kier alpha value is -2.00. The number of benzene rings is 2. The number of anilines is 1. The van der Waals surface area contributed by atoms with Crippen molar-refractivity contribution in [2.45, 2.75) is 4.90 Å². The number of methoxy groups -OCH3 is 1. The number of nitrogens with zero attached hydrogens (tertiary/aromatic N) is 1. The monoisotopic (exact) mass is 456 g/mol. The first-order chi connectivity index (χ1) is 13.4. The van der Waals surface area contributed by atoms with Gasteiger partial charge in [0.05, 0.1) is 28.1 Å². The maximum Gasteiger partial charge on any atom is 0.316 e. The lowest BCUT2D eigenvalue weighted by atomic mass is 10.3. The van der Waals surface area contributed by atoms with Crippen LogP contribution < -0.4 is 10.1 Å². The number of rotatable bonds is 7. The van der Waals surface area contributed by atoms with E-state index in [1.807, 2.05) is 6.07 Å². The summed E-state index contributed by atoms with van der Waals surface area (Å²) in [4.78, 5) is 28.8. The van der Waals surface area contributed by atoms with E-state index in [0.29, 0.717) is 25.8 Å². The summed E-state index contributed by atoms with van der Waals surface area (Å²) < 4.78 is 11.0. The normalized spacial score (nSPS) is 10.7. The van der Waals surface area contributed by atoms with Crippen molar-refractivity contribution in [1.82, 2.24) is 4.98 Å². The zero-order chi connectivity index (χ0) is 20.1. The summed E-state index contributed by atoms with van der Waals surface area (Å²) in [5.74, 6) is -0.287. The summed E-state index contributed by atoms with van der Waals surface area (Å²) in [7, 11) is 1.58. The molecule has 1 amide bonds. The number of nitrogens with one attached hydrogen (secondary N) is 1. The Balaban J connectivity index is 1.48. The molecule has 0 aliphatic heterocycles. The van der Waals surface area contributed by atoms with E-state index in [2.05, 4.69) is 10.3 Å². The highest BCUT2D eigenvalue weighted by atomic mass is 35.5. The fourth-order valence-corrected chi connectivity index (χ4v) is 4.35. The van der Waals surface area contributed by atoms with Crippen LogP contribution in [-0.4, -0.2) is 36.3 Å². The quantitative estimate of drug-likeness (QED) is 0.402. The minimum Gasteiger partial charge on any atom is -0.497 e. The van der Waals surface area contributed by atoms with Crippen LogP contribution in [0.1, 0.15) is 0 Å². The van der Waals surface area contributed by atoms with Gasteiger partial charge in [0.15, 0.2) is 11.7 Å². The van der Waals surface area contributed by atoms with Gasteiger partial charge < -0.3 is 9.47 Å². The molecule has 0 radical (unpaired) electrons. The number of thiazole rings is 1. The van der Waals surface area contributed by atoms with Gasteiger partial charge in [0.25, 0.3) is 5.91 Å². The number of halogens is 2. The maximum absolute atomic E-state index is 12.0. The molecule has 3 aromatic rings. The van der Waals surface area contributed by atoms with Gasteiger partial charge in [-0.1, -0.05) is 34.5 Å². The highest BCUT2D eigenvalue weighted by Crippen LogP contribution is 2.30. The van der Waals surface area contributed by atoms with Gasteiger partial charge >= 0.3 is 5.97 Å². The van der Waals surface area contributed by atoms with E-state index in [1.54, 1.807) is 37.4 Å². The molecule has 6 nitrogen and oxygen atoms in total. The molecule has 0 spiro atoms. The maximum atomic E-state index is 12.0. The van der Waals surface area contributed by atoms with Gasteiger partial charge in [-0.3, -0.25) is 14.9 Å². The van der Waals surface area contributed by atoms with Crippen molar-refractivity contribution in [3.8, 4) is 5.75 Å². The summed E-state index contributed by atoms with van der Waals surface area (Å²) in [6, 6.07) is 10.4. The molecule has 0 unspecified atom stereocenters. The van der Waals surface area contributed by atoms with Gasteiger partial charge in [-0.15, -0.1) is 11.8 Å². The minimum atomic E-state index is -0.537. The van der Waals surface area contributed by atoms with Crippen LogP contribution in [0, 0.1) is 0 Å². The van der Waals surface area contributed by atoms with Gasteiger partial charge in [0, 0.05) is 9.92 Å². The Morgan fingerprint density at radius 2 is 2.04 bits per heavy atom. The van der Waals surface area contributed by atoms with E-state index in [-0.39, 0.29) is 5.75 Å². The van der Waals surface area contributed by atoms with Crippen LogP contribution in [0.2, 0.25) is 10.0 Å². The standard InChI is InChI=1S/C18H14Cl2N2O4S2/c1-25-11-3-5-13-15(7-11)28-18(21-13)22-16(23)8-26-17(24)9-27-14-6-10(19)2-4-12(14)20/h2-7H,8-9H2,1H3,(H,21,22,23). The Morgan fingerprint density at radius 3 is 2.82 bits per heavy atom. The average Bonchev–Trinajstić information content (AvgIpc) is 3.08. The van der Waals surface area contributed by atoms with Gasteiger partial charge in [-0.05, 0) is 36.4 Å². The van der Waals surface area contributed by atoms with Crippen LogP contribution in [0.15, 0.2) is 41.3 Å². The van der Waals surface area contributed by atoms with Crippen molar-refractivity contribution in [3.63, 3.8) is 0 Å². The number of hydrogen-bond acceptors (Lipinski definition) is 7. The molecule has 0 saturated carbocycles. The largest absolute Gasteiger partial charge is 0.497 e. The van der Waals surface area contributed by atoms with Crippen molar-refractivity contribution in [3.05, 3.63) is 46.4 Å². The molecule has 3 rings (SSSR count). The fourth-order valence-electron chi connectivity index (χ4n) is 2.15. The lowest BCUT2D eigenvalue weighted by Gasteiger charge is -2.06. The van der Waals surface area contributed by atoms with Gasteiger partial charge in [0.1, 0.15) is 5.75 Å². The lowest BCUT2D eigenvalue weighted by Crippen LogP contribution is -2.21. The zero-order valence-electron chi connectivity index (χ0n) is 14.5. The van der Waals surface area contributed by atoms with Crippen molar-refractivity contribution in [2.24, 2.45) is 0 Å². The molecule has 0 saturated heterocycles. The summed E-state index contributed by atoms with van der Waals surface area (Å²) in [6.07, 6.45) is 0. The minimum absolute atomic E-state index is 0.00821. The van der Waals surface area contributed by atoms with Crippen LogP contribution in [-0.2, 0) is 14.3 Å². The zero-order valence-corrected chi connectivity index (χ0v) is 17.7. The van der Waals surface area contributed by atoms with Crippen molar-refractivity contribution in [2.75, 3.05) is 24.8 Å². The topological polar surface area (TPSA) is 77.5 Å². The molecule has 0 aliphatic rings. The van der Waals surface area contributed by atoms with E-state index in [9.17, 15) is 9.59 Å². The number of carbonyl (C=O) groups is 2. The number of carbonyl (C=O) groups excluding carboxylic acids is 2. The first-order valence-corrected chi connectivity index (χ1v) is 10.5. The summed E-state index contributed by atoms with van der Waals surface area (Å²) >= 11 is 14.4. The van der Waals surface area contributed by atoms with Crippen molar-refractivity contribution in [1.29, 1.82) is 0 Å². The predicted molar refractivity (Wildman–Crippen MR) is 113 cm³/mol. The highest BCUT2D eigenvalue weighted by Gasteiger charge is 2.12. The number of esters is 1. The fraction of sp³-hybridized carbons (Fsp3) is 0.167. The molecule has 2 aromatic carbocycles. The van der Waals surface area contributed by atoms with Gasteiger partial charge in [-0.25, -0.2) is 4.98 Å². The number of thioether (sulfide) groups is 1. The second-order valence-electron chi connectivity index (χ2n) is 5.42. The van der Waals surface area contributed by atoms with E-state index >= 15 is 0 Å². The molecular formula is C18H14Cl2N2O4S2. The smallest absolute Gasteiger partial charge is 0.316 e. The third-order valence-corrected chi connectivity index (χ3v) is 6.08. The van der Waals surface area contributed by atoms with E-state index in [1.165, 1.54) is 23.1 Å². The number of aromatic nitrogens is 1. The number of amides is 1. The second kappa shape index (κ2) is 9.47. The Kier molecular flexibility index (Phi) is 7.01. The van der Waals surface area contributed by atoms with Crippen LogP contribution in [0.3, 0.4) is 0 Å². The van der Waals surface area contributed by atoms with Crippen LogP contribution in [0.5, 0.6) is 5.75 Å². The van der Waals surface area contributed by atoms with Crippen molar-refractivity contribution < 1.29 is 19.1 Å². The molecule has 28 heavy (non-hydrogen) atoms. The molecule has 1 N–H and O–H groups in total. The summed E-state index contributed by atoms with van der Waals surface area (Å²) in [5.41, 5.74) is 0.743. The first kappa shape index (κ1) is 20.7. The molecule has 0 bridgehead atoms. The van der Waals surface area contributed by atoms with Gasteiger partial charge in [-0.2, -0.15) is 0 Å². The Morgan fingerprint density at radius 1 is 1.21 bits per heavy atom. The molecule has 10 heteroatoms. The highest BCUT2D eigenvalue weighted by molar-refractivity contribution is 8.00. The number of ether oxygens (including phenoxy) is 2. The Bertz CT molecular complexity index is 1030. The molecule has 1 aromatic heterocycles. The molecule has 0 atom stereocenters. The van der Waals surface area contributed by atoms with E-state index < -0.39 is 18.5 Å². The molecule has 0 fully saturated rings. The molecule has 1 heterocycles. The molecular weight excluding hydrogens is 443 g/mol.